The Hall–Kier alpha value is -0.860. The Kier molecular flexibility index (Phi) is 4.11. The number of aryl methyl sites for hydroxylation is 1. The molecule has 1 unspecified atom stereocenters. The van der Waals surface area contributed by atoms with E-state index >= 15 is 0 Å². The van der Waals surface area contributed by atoms with Gasteiger partial charge in [0.2, 0.25) is 0 Å². The van der Waals surface area contributed by atoms with Gasteiger partial charge in [-0.3, -0.25) is 0 Å². The van der Waals surface area contributed by atoms with Crippen LogP contribution in [0.5, 0.6) is 0 Å². The van der Waals surface area contributed by atoms with Crippen molar-refractivity contribution in [2.45, 2.75) is 32.9 Å². The summed E-state index contributed by atoms with van der Waals surface area (Å²) in [5, 5.41) is 0. The summed E-state index contributed by atoms with van der Waals surface area (Å²) in [6.07, 6.45) is 0.242. The smallest absolute Gasteiger partial charge is 0.0662 e. The minimum absolute atomic E-state index is 0.0164. The molecule has 1 aromatic carbocycles. The number of rotatable bonds is 4. The molecular formula is C12H19NO. The van der Waals surface area contributed by atoms with Gasteiger partial charge in [0.1, 0.15) is 0 Å². The molecular weight excluding hydrogens is 174 g/mol. The highest BCUT2D eigenvalue weighted by molar-refractivity contribution is 5.24. The molecule has 2 N–H and O–H groups in total. The van der Waals surface area contributed by atoms with Crippen LogP contribution in [0.3, 0.4) is 0 Å². The standard InChI is InChI=1S/C12H19NO/c1-9(2)14-8-12(13)11-6-4-5-10(3)7-11/h4-7,9,12H,8,13H2,1-3H3. The second-order valence-corrected chi connectivity index (χ2v) is 3.90. The van der Waals surface area contributed by atoms with Gasteiger partial charge in [-0.2, -0.15) is 0 Å². The first-order valence-corrected chi connectivity index (χ1v) is 5.03. The molecule has 1 atom stereocenters. The molecule has 1 aromatic rings. The van der Waals surface area contributed by atoms with E-state index in [1.165, 1.54) is 5.56 Å². The van der Waals surface area contributed by atoms with Crippen molar-refractivity contribution in [1.82, 2.24) is 0 Å². The molecule has 2 nitrogen and oxygen atoms in total. The van der Waals surface area contributed by atoms with Gasteiger partial charge in [-0.05, 0) is 26.3 Å². The molecule has 1 rings (SSSR count). The zero-order valence-electron chi connectivity index (χ0n) is 9.16. The molecule has 0 aliphatic carbocycles. The highest BCUT2D eigenvalue weighted by Crippen LogP contribution is 2.12. The maximum absolute atomic E-state index is 5.99. The first-order chi connectivity index (χ1) is 6.59. The van der Waals surface area contributed by atoms with Gasteiger partial charge in [0, 0.05) is 0 Å². The van der Waals surface area contributed by atoms with Crippen molar-refractivity contribution in [3.63, 3.8) is 0 Å². The van der Waals surface area contributed by atoms with E-state index in [1.807, 2.05) is 26.0 Å². The van der Waals surface area contributed by atoms with Crippen LogP contribution < -0.4 is 5.73 Å². The third kappa shape index (κ3) is 3.48. The van der Waals surface area contributed by atoms with Crippen molar-refractivity contribution < 1.29 is 4.74 Å². The predicted molar refractivity (Wildman–Crippen MR) is 59.2 cm³/mol. The largest absolute Gasteiger partial charge is 0.377 e. The molecule has 0 spiro atoms. The third-order valence-corrected chi connectivity index (χ3v) is 2.08. The number of hydrogen-bond acceptors (Lipinski definition) is 2. The normalized spacial score (nSPS) is 13.2. The Morgan fingerprint density at radius 3 is 2.64 bits per heavy atom. The van der Waals surface area contributed by atoms with Crippen LogP contribution in [-0.4, -0.2) is 12.7 Å². The van der Waals surface area contributed by atoms with Crippen molar-refractivity contribution in [2.75, 3.05) is 6.61 Å². The summed E-state index contributed by atoms with van der Waals surface area (Å²) >= 11 is 0. The van der Waals surface area contributed by atoms with Gasteiger partial charge in [0.05, 0.1) is 18.8 Å². The molecule has 0 radical (unpaired) electrons. The second kappa shape index (κ2) is 5.13. The van der Waals surface area contributed by atoms with Gasteiger partial charge in [0.15, 0.2) is 0 Å². The summed E-state index contributed by atoms with van der Waals surface area (Å²) in [5.41, 5.74) is 8.37. The average Bonchev–Trinajstić information content (AvgIpc) is 2.14. The third-order valence-electron chi connectivity index (χ3n) is 2.08. The molecule has 14 heavy (non-hydrogen) atoms. The minimum Gasteiger partial charge on any atom is -0.377 e. The molecule has 0 amide bonds. The summed E-state index contributed by atoms with van der Waals surface area (Å²) in [4.78, 5) is 0. The number of ether oxygens (including phenoxy) is 1. The average molecular weight is 193 g/mol. The van der Waals surface area contributed by atoms with Gasteiger partial charge in [-0.25, -0.2) is 0 Å². The molecule has 0 heterocycles. The molecule has 0 saturated carbocycles. The molecule has 0 aromatic heterocycles. The Labute approximate surface area is 86.1 Å². The molecule has 2 heteroatoms. The lowest BCUT2D eigenvalue weighted by molar-refractivity contribution is 0.0683. The zero-order chi connectivity index (χ0) is 10.6. The van der Waals surface area contributed by atoms with E-state index in [4.69, 9.17) is 10.5 Å². The second-order valence-electron chi connectivity index (χ2n) is 3.90. The van der Waals surface area contributed by atoms with Crippen LogP contribution in [-0.2, 0) is 4.74 Å². The number of benzene rings is 1. The van der Waals surface area contributed by atoms with Crippen LogP contribution in [0.2, 0.25) is 0 Å². The fraction of sp³-hybridized carbons (Fsp3) is 0.500. The molecule has 0 aliphatic heterocycles. The summed E-state index contributed by atoms with van der Waals surface area (Å²) < 4.78 is 5.47. The monoisotopic (exact) mass is 193 g/mol. The maximum atomic E-state index is 5.99. The summed E-state index contributed by atoms with van der Waals surface area (Å²) in [5.74, 6) is 0. The van der Waals surface area contributed by atoms with Gasteiger partial charge >= 0.3 is 0 Å². The SMILES string of the molecule is Cc1cccc(C(N)COC(C)C)c1. The van der Waals surface area contributed by atoms with Crippen molar-refractivity contribution in [3.05, 3.63) is 35.4 Å². The molecule has 0 saturated heterocycles. The first kappa shape index (κ1) is 11.2. The first-order valence-electron chi connectivity index (χ1n) is 5.03. The highest BCUT2D eigenvalue weighted by Gasteiger charge is 2.06. The quantitative estimate of drug-likeness (QED) is 0.797. The lowest BCUT2D eigenvalue weighted by atomic mass is 10.1. The van der Waals surface area contributed by atoms with Crippen LogP contribution in [0.1, 0.15) is 31.0 Å². The van der Waals surface area contributed by atoms with Crippen LogP contribution >= 0.6 is 0 Å². The van der Waals surface area contributed by atoms with Gasteiger partial charge < -0.3 is 10.5 Å². The predicted octanol–water partition coefficient (Wildman–Crippen LogP) is 2.42. The topological polar surface area (TPSA) is 35.2 Å². The lowest BCUT2D eigenvalue weighted by Gasteiger charge is -2.15. The fourth-order valence-electron chi connectivity index (χ4n) is 1.29. The lowest BCUT2D eigenvalue weighted by Crippen LogP contribution is -2.19. The van der Waals surface area contributed by atoms with Gasteiger partial charge in [0.25, 0.3) is 0 Å². The van der Waals surface area contributed by atoms with E-state index in [-0.39, 0.29) is 12.1 Å². The molecule has 0 fully saturated rings. The van der Waals surface area contributed by atoms with Crippen LogP contribution in [0, 0.1) is 6.92 Å². The van der Waals surface area contributed by atoms with Crippen molar-refractivity contribution in [2.24, 2.45) is 5.73 Å². The number of hydrogen-bond donors (Lipinski definition) is 1. The van der Waals surface area contributed by atoms with E-state index in [9.17, 15) is 0 Å². The molecule has 0 bridgehead atoms. The zero-order valence-corrected chi connectivity index (χ0v) is 9.16. The fourth-order valence-corrected chi connectivity index (χ4v) is 1.29. The highest BCUT2D eigenvalue weighted by atomic mass is 16.5. The number of nitrogens with two attached hydrogens (primary N) is 1. The van der Waals surface area contributed by atoms with Crippen LogP contribution in [0.25, 0.3) is 0 Å². The Morgan fingerprint density at radius 2 is 2.07 bits per heavy atom. The summed E-state index contributed by atoms with van der Waals surface area (Å²) in [7, 11) is 0. The van der Waals surface area contributed by atoms with Gasteiger partial charge in [-0.1, -0.05) is 29.8 Å². The maximum Gasteiger partial charge on any atom is 0.0662 e. The van der Waals surface area contributed by atoms with E-state index in [0.29, 0.717) is 6.61 Å². The summed E-state index contributed by atoms with van der Waals surface area (Å²) in [6.45, 7) is 6.69. The van der Waals surface area contributed by atoms with Crippen LogP contribution in [0.4, 0.5) is 0 Å². The Morgan fingerprint density at radius 1 is 1.36 bits per heavy atom. The van der Waals surface area contributed by atoms with E-state index in [1.54, 1.807) is 0 Å². The Bertz CT molecular complexity index is 283. The van der Waals surface area contributed by atoms with E-state index in [0.717, 1.165) is 5.56 Å². The van der Waals surface area contributed by atoms with E-state index < -0.39 is 0 Å². The summed E-state index contributed by atoms with van der Waals surface area (Å²) in [6, 6.07) is 8.23. The van der Waals surface area contributed by atoms with Crippen molar-refractivity contribution >= 4 is 0 Å². The van der Waals surface area contributed by atoms with E-state index in [2.05, 4.69) is 19.1 Å². The molecule has 78 valence electrons. The Balaban J connectivity index is 2.56. The minimum atomic E-state index is -0.0164. The van der Waals surface area contributed by atoms with Gasteiger partial charge in [-0.15, -0.1) is 0 Å². The van der Waals surface area contributed by atoms with Crippen molar-refractivity contribution in [3.8, 4) is 0 Å². The van der Waals surface area contributed by atoms with Crippen molar-refractivity contribution in [1.29, 1.82) is 0 Å². The van der Waals surface area contributed by atoms with Crippen LogP contribution in [0.15, 0.2) is 24.3 Å². The molecule has 0 aliphatic rings.